The molecule has 1 saturated carbocycles. The van der Waals surface area contributed by atoms with Crippen molar-refractivity contribution >= 4 is 5.78 Å². The average molecular weight is 276 g/mol. The third kappa shape index (κ3) is 3.51. The van der Waals surface area contributed by atoms with E-state index in [-0.39, 0.29) is 5.78 Å². The van der Waals surface area contributed by atoms with Crippen LogP contribution in [0.3, 0.4) is 0 Å². The maximum absolute atomic E-state index is 12.4. The molecule has 0 unspecified atom stereocenters. The molecule has 0 radical (unpaired) electrons. The minimum Gasteiger partial charge on any atom is -0.362 e. The molecule has 3 heteroatoms. The summed E-state index contributed by atoms with van der Waals surface area (Å²) in [6, 6.07) is 2.53. The third-order valence-corrected chi connectivity index (χ3v) is 4.77. The number of aromatic nitrogens is 1. The molecule has 1 heterocycles. The molecule has 0 aromatic carbocycles. The molecule has 0 atom stereocenters. The summed E-state index contributed by atoms with van der Waals surface area (Å²) in [5.74, 6) is 0.235. The molecule has 0 saturated heterocycles. The molecule has 1 aromatic rings. The number of hydrogen-bond acceptors (Lipinski definition) is 2. The van der Waals surface area contributed by atoms with E-state index in [4.69, 9.17) is 0 Å². The molecule has 1 fully saturated rings. The Kier molecular flexibility index (Phi) is 4.38. The van der Waals surface area contributed by atoms with Crippen molar-refractivity contribution in [1.29, 1.82) is 0 Å². The zero-order valence-corrected chi connectivity index (χ0v) is 13.5. The predicted octanol–water partition coefficient (Wildman–Crippen LogP) is 3.71. The van der Waals surface area contributed by atoms with Crippen LogP contribution in [0.5, 0.6) is 0 Å². The molecule has 0 aliphatic heterocycles. The van der Waals surface area contributed by atoms with E-state index in [0.29, 0.717) is 18.0 Å². The summed E-state index contributed by atoms with van der Waals surface area (Å²) in [6.45, 7) is 9.20. The molecule has 20 heavy (non-hydrogen) atoms. The highest BCUT2D eigenvalue weighted by atomic mass is 16.1. The standard InChI is InChI=1S/C17H28N2O/c1-12-10-15(13(2)18-12)16(20)11-19(5)14-6-8-17(3,4)9-7-14/h10,14,18H,6-9,11H2,1-5H3. The first kappa shape index (κ1) is 15.3. The summed E-state index contributed by atoms with van der Waals surface area (Å²) < 4.78 is 0. The molecular weight excluding hydrogens is 248 g/mol. The number of nitrogens with zero attached hydrogens (tertiary/aromatic N) is 1. The van der Waals surface area contributed by atoms with Crippen molar-refractivity contribution < 1.29 is 4.79 Å². The van der Waals surface area contributed by atoms with Gasteiger partial charge >= 0.3 is 0 Å². The first-order chi connectivity index (χ1) is 9.28. The highest BCUT2D eigenvalue weighted by Gasteiger charge is 2.29. The Hall–Kier alpha value is -1.09. The topological polar surface area (TPSA) is 36.1 Å². The molecule has 112 valence electrons. The Balaban J connectivity index is 1.93. The second-order valence-corrected chi connectivity index (χ2v) is 7.22. The Bertz CT molecular complexity index is 477. The van der Waals surface area contributed by atoms with Gasteiger partial charge in [-0.3, -0.25) is 9.69 Å². The molecule has 3 nitrogen and oxygen atoms in total. The SMILES string of the molecule is Cc1cc(C(=O)CN(C)C2CCC(C)(C)CC2)c(C)[nH]1. The van der Waals surface area contributed by atoms with E-state index < -0.39 is 0 Å². The van der Waals surface area contributed by atoms with E-state index in [2.05, 4.69) is 30.8 Å². The third-order valence-electron chi connectivity index (χ3n) is 4.77. The lowest BCUT2D eigenvalue weighted by Crippen LogP contribution is -2.39. The van der Waals surface area contributed by atoms with Crippen LogP contribution in [0.2, 0.25) is 0 Å². The number of carbonyl (C=O) groups excluding carboxylic acids is 1. The van der Waals surface area contributed by atoms with Crippen LogP contribution in [0.15, 0.2) is 6.07 Å². The number of H-pyrrole nitrogens is 1. The Labute approximate surface area is 122 Å². The highest BCUT2D eigenvalue weighted by Crippen LogP contribution is 2.36. The van der Waals surface area contributed by atoms with Gasteiger partial charge < -0.3 is 4.98 Å². The van der Waals surface area contributed by atoms with Gasteiger partial charge in [0.15, 0.2) is 5.78 Å². The Morgan fingerprint density at radius 1 is 1.35 bits per heavy atom. The van der Waals surface area contributed by atoms with Crippen molar-refractivity contribution in [1.82, 2.24) is 9.88 Å². The number of aryl methyl sites for hydroxylation is 2. The van der Waals surface area contributed by atoms with E-state index in [1.807, 2.05) is 19.9 Å². The van der Waals surface area contributed by atoms with Crippen molar-refractivity contribution in [3.8, 4) is 0 Å². The largest absolute Gasteiger partial charge is 0.362 e. The fourth-order valence-electron chi connectivity index (χ4n) is 3.28. The van der Waals surface area contributed by atoms with Gasteiger partial charge in [0, 0.05) is 23.0 Å². The lowest BCUT2D eigenvalue weighted by Gasteiger charge is -2.38. The Morgan fingerprint density at radius 2 is 1.95 bits per heavy atom. The van der Waals surface area contributed by atoms with Gasteiger partial charge in [0.2, 0.25) is 0 Å². The van der Waals surface area contributed by atoms with E-state index in [9.17, 15) is 4.79 Å². The van der Waals surface area contributed by atoms with Crippen LogP contribution < -0.4 is 0 Å². The van der Waals surface area contributed by atoms with Crippen LogP contribution in [0, 0.1) is 19.3 Å². The minimum absolute atomic E-state index is 0.235. The van der Waals surface area contributed by atoms with Crippen LogP contribution >= 0.6 is 0 Å². The zero-order chi connectivity index (χ0) is 14.9. The highest BCUT2D eigenvalue weighted by molar-refractivity contribution is 5.98. The molecule has 1 aromatic heterocycles. The number of likely N-dealkylation sites (N-methyl/N-ethyl adjacent to an activating group) is 1. The summed E-state index contributed by atoms with van der Waals surface area (Å²) in [6.07, 6.45) is 4.95. The van der Waals surface area contributed by atoms with Crippen molar-refractivity contribution in [3.05, 3.63) is 23.0 Å². The van der Waals surface area contributed by atoms with Crippen LogP contribution in [-0.4, -0.2) is 35.3 Å². The molecule has 1 aliphatic rings. The van der Waals surface area contributed by atoms with Gasteiger partial charge in [-0.1, -0.05) is 13.8 Å². The summed E-state index contributed by atoms with van der Waals surface area (Å²) in [5.41, 5.74) is 3.39. The summed E-state index contributed by atoms with van der Waals surface area (Å²) in [7, 11) is 2.09. The smallest absolute Gasteiger partial charge is 0.178 e. The van der Waals surface area contributed by atoms with Crippen LogP contribution in [-0.2, 0) is 0 Å². The monoisotopic (exact) mass is 276 g/mol. The van der Waals surface area contributed by atoms with Crippen molar-refractivity contribution in [2.75, 3.05) is 13.6 Å². The van der Waals surface area contributed by atoms with Gasteiger partial charge in [-0.2, -0.15) is 0 Å². The van der Waals surface area contributed by atoms with E-state index in [1.165, 1.54) is 25.7 Å². The second kappa shape index (κ2) is 5.72. The maximum atomic E-state index is 12.4. The van der Waals surface area contributed by atoms with E-state index in [1.54, 1.807) is 0 Å². The molecule has 0 bridgehead atoms. The molecule has 1 aliphatic carbocycles. The van der Waals surface area contributed by atoms with Gasteiger partial charge in [0.25, 0.3) is 0 Å². The molecule has 0 amide bonds. The van der Waals surface area contributed by atoms with Crippen LogP contribution in [0.4, 0.5) is 0 Å². The number of ketones is 1. The van der Waals surface area contributed by atoms with Gasteiger partial charge in [-0.25, -0.2) is 0 Å². The number of rotatable bonds is 4. The summed E-state index contributed by atoms with van der Waals surface area (Å²) >= 11 is 0. The number of nitrogens with one attached hydrogen (secondary N) is 1. The fourth-order valence-corrected chi connectivity index (χ4v) is 3.28. The van der Waals surface area contributed by atoms with Gasteiger partial charge in [-0.15, -0.1) is 0 Å². The lowest BCUT2D eigenvalue weighted by molar-refractivity contribution is 0.0851. The minimum atomic E-state index is 0.235. The molecular formula is C17H28N2O. The quantitative estimate of drug-likeness (QED) is 0.851. The first-order valence-electron chi connectivity index (χ1n) is 7.68. The molecule has 1 N–H and O–H groups in total. The normalized spacial score (nSPS) is 19.5. The summed E-state index contributed by atoms with van der Waals surface area (Å²) in [5, 5.41) is 0. The van der Waals surface area contributed by atoms with Gasteiger partial charge in [0.05, 0.1) is 6.54 Å². The van der Waals surface area contributed by atoms with Crippen LogP contribution in [0.25, 0.3) is 0 Å². The average Bonchev–Trinajstić information content (AvgIpc) is 2.68. The lowest BCUT2D eigenvalue weighted by atomic mass is 9.75. The molecule has 0 spiro atoms. The maximum Gasteiger partial charge on any atom is 0.178 e. The van der Waals surface area contributed by atoms with Gasteiger partial charge in [-0.05, 0) is 58.1 Å². The Morgan fingerprint density at radius 3 is 2.45 bits per heavy atom. The summed E-state index contributed by atoms with van der Waals surface area (Å²) in [4.78, 5) is 17.9. The van der Waals surface area contributed by atoms with Crippen molar-refractivity contribution in [2.24, 2.45) is 5.41 Å². The van der Waals surface area contributed by atoms with Crippen molar-refractivity contribution in [2.45, 2.75) is 59.4 Å². The number of Topliss-reactive ketones (excluding diaryl/α,β-unsaturated/α-hetero) is 1. The zero-order valence-electron chi connectivity index (χ0n) is 13.5. The molecule has 2 rings (SSSR count). The van der Waals surface area contributed by atoms with E-state index >= 15 is 0 Å². The van der Waals surface area contributed by atoms with Gasteiger partial charge in [0.1, 0.15) is 0 Å². The number of carbonyl (C=O) groups is 1. The van der Waals surface area contributed by atoms with E-state index in [0.717, 1.165) is 17.0 Å². The van der Waals surface area contributed by atoms with Crippen LogP contribution in [0.1, 0.15) is 61.3 Å². The van der Waals surface area contributed by atoms with Crippen molar-refractivity contribution in [3.63, 3.8) is 0 Å². The fraction of sp³-hybridized carbons (Fsp3) is 0.706. The number of aromatic amines is 1. The first-order valence-corrected chi connectivity index (χ1v) is 7.68. The predicted molar refractivity (Wildman–Crippen MR) is 83.3 cm³/mol. The number of hydrogen-bond donors (Lipinski definition) is 1. The second-order valence-electron chi connectivity index (χ2n) is 7.22.